The van der Waals surface area contributed by atoms with Crippen molar-refractivity contribution in [2.75, 3.05) is 17.2 Å². The van der Waals surface area contributed by atoms with Crippen LogP contribution in [0.15, 0.2) is 48.7 Å². The SMILES string of the molecule is C[C@@H](CO)Nc1nc(NCc2cc(F)cc(F)c2)cc(-c2ccccn2)n1. The predicted octanol–water partition coefficient (Wildman–Crippen LogP) is 3.22. The first kappa shape index (κ1) is 18.7. The molecule has 2 heterocycles. The number of nitrogens with one attached hydrogen (secondary N) is 2. The molecular weight excluding hydrogens is 352 g/mol. The Balaban J connectivity index is 1.87. The highest BCUT2D eigenvalue weighted by molar-refractivity contribution is 5.61. The van der Waals surface area contributed by atoms with Gasteiger partial charge in [-0.2, -0.15) is 4.98 Å². The molecule has 0 aliphatic carbocycles. The van der Waals surface area contributed by atoms with Crippen molar-refractivity contribution in [1.82, 2.24) is 15.0 Å². The van der Waals surface area contributed by atoms with E-state index in [0.717, 1.165) is 6.07 Å². The van der Waals surface area contributed by atoms with Crippen molar-refractivity contribution >= 4 is 11.8 Å². The zero-order chi connectivity index (χ0) is 19.2. The Morgan fingerprint density at radius 1 is 1.04 bits per heavy atom. The van der Waals surface area contributed by atoms with E-state index < -0.39 is 11.6 Å². The van der Waals surface area contributed by atoms with Crippen molar-refractivity contribution < 1.29 is 13.9 Å². The summed E-state index contributed by atoms with van der Waals surface area (Å²) in [4.78, 5) is 13.0. The molecule has 3 N–H and O–H groups in total. The lowest BCUT2D eigenvalue weighted by molar-refractivity contribution is 0.281. The molecule has 1 atom stereocenters. The van der Waals surface area contributed by atoms with Crippen LogP contribution in [0.25, 0.3) is 11.4 Å². The predicted molar refractivity (Wildman–Crippen MR) is 99.1 cm³/mol. The quantitative estimate of drug-likeness (QED) is 0.592. The maximum Gasteiger partial charge on any atom is 0.225 e. The minimum atomic E-state index is -0.636. The number of nitrogens with zero attached hydrogens (tertiary/aromatic N) is 3. The fourth-order valence-corrected chi connectivity index (χ4v) is 2.42. The number of halogens is 2. The second kappa shape index (κ2) is 8.50. The molecule has 0 bridgehead atoms. The van der Waals surface area contributed by atoms with Crippen molar-refractivity contribution in [3.05, 3.63) is 65.9 Å². The summed E-state index contributed by atoms with van der Waals surface area (Å²) in [6.07, 6.45) is 1.66. The highest BCUT2D eigenvalue weighted by Crippen LogP contribution is 2.20. The standard InChI is InChI=1S/C19H19F2N5O/c1-12(11-27)24-19-25-17(16-4-2-3-5-22-16)9-18(26-19)23-10-13-6-14(20)8-15(21)7-13/h2-9,12,27H,10-11H2,1H3,(H2,23,24,25,26)/t12-/m0/s1. The van der Waals surface area contributed by atoms with Crippen LogP contribution in [-0.4, -0.2) is 32.7 Å². The molecule has 6 nitrogen and oxygen atoms in total. The third-order valence-corrected chi connectivity index (χ3v) is 3.70. The van der Waals surface area contributed by atoms with Gasteiger partial charge in [0.1, 0.15) is 17.5 Å². The van der Waals surface area contributed by atoms with Crippen molar-refractivity contribution in [1.29, 1.82) is 0 Å². The van der Waals surface area contributed by atoms with E-state index >= 15 is 0 Å². The molecule has 3 aromatic rings. The Kier molecular flexibility index (Phi) is 5.87. The Bertz CT molecular complexity index is 888. The van der Waals surface area contributed by atoms with E-state index in [1.54, 1.807) is 25.3 Å². The maximum absolute atomic E-state index is 13.4. The number of aromatic nitrogens is 3. The zero-order valence-electron chi connectivity index (χ0n) is 14.7. The zero-order valence-corrected chi connectivity index (χ0v) is 14.7. The molecule has 140 valence electrons. The fourth-order valence-electron chi connectivity index (χ4n) is 2.42. The third kappa shape index (κ3) is 5.18. The van der Waals surface area contributed by atoms with Crippen LogP contribution in [0, 0.1) is 11.6 Å². The van der Waals surface area contributed by atoms with E-state index in [2.05, 4.69) is 25.6 Å². The summed E-state index contributed by atoms with van der Waals surface area (Å²) in [6, 6.07) is 10.3. The fraction of sp³-hybridized carbons (Fsp3) is 0.211. The van der Waals surface area contributed by atoms with Gasteiger partial charge in [-0.3, -0.25) is 4.98 Å². The molecule has 0 spiro atoms. The summed E-state index contributed by atoms with van der Waals surface area (Å²) in [5.74, 6) is -0.499. The Morgan fingerprint density at radius 2 is 1.81 bits per heavy atom. The molecule has 0 saturated heterocycles. The Labute approximate surface area is 155 Å². The van der Waals surface area contributed by atoms with Crippen LogP contribution in [0.2, 0.25) is 0 Å². The molecule has 2 aromatic heterocycles. The largest absolute Gasteiger partial charge is 0.394 e. The number of pyridine rings is 1. The van der Waals surface area contributed by atoms with Crippen LogP contribution >= 0.6 is 0 Å². The second-order valence-electron chi connectivity index (χ2n) is 6.04. The molecule has 0 saturated carbocycles. The van der Waals surface area contributed by atoms with Gasteiger partial charge in [-0.15, -0.1) is 0 Å². The first-order valence-electron chi connectivity index (χ1n) is 8.40. The van der Waals surface area contributed by atoms with Gasteiger partial charge >= 0.3 is 0 Å². The van der Waals surface area contributed by atoms with Crippen molar-refractivity contribution in [2.24, 2.45) is 0 Å². The number of benzene rings is 1. The molecule has 0 unspecified atom stereocenters. The molecule has 0 aliphatic heterocycles. The first-order valence-corrected chi connectivity index (χ1v) is 8.40. The number of hydrogen-bond acceptors (Lipinski definition) is 6. The highest BCUT2D eigenvalue weighted by atomic mass is 19.1. The normalized spacial score (nSPS) is 11.9. The molecular formula is C19H19F2N5O. The Hall–Kier alpha value is -3.13. The minimum Gasteiger partial charge on any atom is -0.394 e. The van der Waals surface area contributed by atoms with Crippen molar-refractivity contribution in [2.45, 2.75) is 19.5 Å². The van der Waals surface area contributed by atoms with Gasteiger partial charge in [0.25, 0.3) is 0 Å². The van der Waals surface area contributed by atoms with Crippen molar-refractivity contribution in [3.63, 3.8) is 0 Å². The van der Waals surface area contributed by atoms with Crippen LogP contribution in [0.5, 0.6) is 0 Å². The number of aliphatic hydroxyl groups excluding tert-OH is 1. The summed E-state index contributed by atoms with van der Waals surface area (Å²) in [5.41, 5.74) is 1.68. The molecule has 0 aliphatic rings. The van der Waals surface area contributed by atoms with Crippen molar-refractivity contribution in [3.8, 4) is 11.4 Å². The summed E-state index contributed by atoms with van der Waals surface area (Å²) in [7, 11) is 0. The first-order chi connectivity index (χ1) is 13.0. The Morgan fingerprint density at radius 3 is 2.48 bits per heavy atom. The van der Waals surface area contributed by atoms with Crippen LogP contribution in [0.1, 0.15) is 12.5 Å². The summed E-state index contributed by atoms with van der Waals surface area (Å²) >= 11 is 0. The van der Waals surface area contributed by atoms with Gasteiger partial charge in [0.05, 0.1) is 18.0 Å². The second-order valence-corrected chi connectivity index (χ2v) is 6.04. The number of anilines is 2. The van der Waals surface area contributed by atoms with E-state index in [-0.39, 0.29) is 19.2 Å². The van der Waals surface area contributed by atoms with E-state index in [1.165, 1.54) is 12.1 Å². The van der Waals surface area contributed by atoms with Gasteiger partial charge in [0.2, 0.25) is 5.95 Å². The molecule has 0 radical (unpaired) electrons. The summed E-state index contributed by atoms with van der Waals surface area (Å²) < 4.78 is 26.7. The van der Waals surface area contributed by atoms with Crippen LogP contribution in [0.3, 0.4) is 0 Å². The van der Waals surface area contributed by atoms with Gasteiger partial charge in [0, 0.05) is 30.9 Å². The van der Waals surface area contributed by atoms with E-state index in [1.807, 2.05) is 12.1 Å². The molecule has 27 heavy (non-hydrogen) atoms. The van der Waals surface area contributed by atoms with Crippen LogP contribution in [-0.2, 0) is 6.54 Å². The average molecular weight is 371 g/mol. The highest BCUT2D eigenvalue weighted by Gasteiger charge is 2.10. The molecule has 8 heteroatoms. The average Bonchev–Trinajstić information content (AvgIpc) is 2.66. The third-order valence-electron chi connectivity index (χ3n) is 3.70. The van der Waals surface area contributed by atoms with E-state index in [4.69, 9.17) is 0 Å². The van der Waals surface area contributed by atoms with E-state index in [0.29, 0.717) is 28.7 Å². The monoisotopic (exact) mass is 371 g/mol. The van der Waals surface area contributed by atoms with Gasteiger partial charge < -0.3 is 15.7 Å². The molecule has 1 aromatic carbocycles. The lowest BCUT2D eigenvalue weighted by Gasteiger charge is -2.14. The van der Waals surface area contributed by atoms with Crippen LogP contribution in [0.4, 0.5) is 20.5 Å². The topological polar surface area (TPSA) is 83.0 Å². The molecule has 0 amide bonds. The number of aliphatic hydroxyl groups is 1. The van der Waals surface area contributed by atoms with Gasteiger partial charge in [-0.1, -0.05) is 6.07 Å². The lowest BCUT2D eigenvalue weighted by atomic mass is 10.2. The van der Waals surface area contributed by atoms with Gasteiger partial charge in [-0.05, 0) is 36.8 Å². The molecule has 0 fully saturated rings. The number of hydrogen-bond donors (Lipinski definition) is 3. The molecule has 3 rings (SSSR count). The number of rotatable bonds is 7. The van der Waals surface area contributed by atoms with Crippen LogP contribution < -0.4 is 10.6 Å². The van der Waals surface area contributed by atoms with Gasteiger partial charge in [0.15, 0.2) is 0 Å². The minimum absolute atomic E-state index is 0.0808. The smallest absolute Gasteiger partial charge is 0.225 e. The maximum atomic E-state index is 13.4. The van der Waals surface area contributed by atoms with Gasteiger partial charge in [-0.25, -0.2) is 13.8 Å². The summed E-state index contributed by atoms with van der Waals surface area (Å²) in [5, 5.41) is 15.3. The summed E-state index contributed by atoms with van der Waals surface area (Å²) in [6.45, 7) is 1.89. The van der Waals surface area contributed by atoms with E-state index in [9.17, 15) is 13.9 Å². The lowest BCUT2D eigenvalue weighted by Crippen LogP contribution is -2.21.